The number of methoxy groups -OCH3 is 2. The average Bonchev–Trinajstić information content (AvgIpc) is 2.66. The van der Waals surface area contributed by atoms with Crippen LogP contribution in [0.25, 0.3) is 6.08 Å². The van der Waals surface area contributed by atoms with Gasteiger partial charge < -0.3 is 19.5 Å². The van der Waals surface area contributed by atoms with Crippen molar-refractivity contribution in [3.63, 3.8) is 0 Å². The smallest absolute Gasteiger partial charge is 0.244 e. The number of rotatable bonds is 8. The third-order valence-electron chi connectivity index (χ3n) is 3.65. The van der Waals surface area contributed by atoms with Gasteiger partial charge in [-0.1, -0.05) is 23.7 Å². The molecule has 2 aromatic carbocycles. The van der Waals surface area contributed by atoms with E-state index in [0.717, 1.165) is 11.1 Å². The standard InChI is InChI=1S/C20H22ClNO4/c1-14-4-7-16(13-17(14)21)26-11-10-22-20(23)9-6-15-5-8-18(24-2)19(12-15)25-3/h4-9,12-13H,10-11H2,1-3H3,(H,22,23)/b9-6+. The molecule has 26 heavy (non-hydrogen) atoms. The number of carbonyl (C=O) groups is 1. The van der Waals surface area contributed by atoms with Gasteiger partial charge in [-0.15, -0.1) is 0 Å². The normalized spacial score (nSPS) is 10.6. The Balaban J connectivity index is 1.79. The van der Waals surface area contributed by atoms with Gasteiger partial charge in [0, 0.05) is 11.1 Å². The number of nitrogens with one attached hydrogen (secondary N) is 1. The maximum Gasteiger partial charge on any atom is 0.244 e. The van der Waals surface area contributed by atoms with Crippen LogP contribution in [0, 0.1) is 6.92 Å². The highest BCUT2D eigenvalue weighted by Gasteiger charge is 2.03. The van der Waals surface area contributed by atoms with Crippen LogP contribution < -0.4 is 19.5 Å². The van der Waals surface area contributed by atoms with Crippen LogP contribution in [0.3, 0.4) is 0 Å². The number of hydrogen-bond acceptors (Lipinski definition) is 4. The van der Waals surface area contributed by atoms with Crippen molar-refractivity contribution < 1.29 is 19.0 Å². The molecule has 5 nitrogen and oxygen atoms in total. The summed E-state index contributed by atoms with van der Waals surface area (Å²) in [5, 5.41) is 3.42. The Kier molecular flexibility index (Phi) is 7.36. The van der Waals surface area contributed by atoms with Crippen LogP contribution in [0.4, 0.5) is 0 Å². The summed E-state index contributed by atoms with van der Waals surface area (Å²) in [7, 11) is 3.15. The van der Waals surface area contributed by atoms with Crippen LogP contribution in [-0.4, -0.2) is 33.3 Å². The van der Waals surface area contributed by atoms with Crippen LogP contribution in [-0.2, 0) is 4.79 Å². The fraction of sp³-hybridized carbons (Fsp3) is 0.250. The number of halogens is 1. The Bertz CT molecular complexity index is 789. The van der Waals surface area contributed by atoms with Crippen molar-refractivity contribution >= 4 is 23.6 Å². The molecule has 0 unspecified atom stereocenters. The number of aryl methyl sites for hydroxylation is 1. The lowest BCUT2D eigenvalue weighted by molar-refractivity contribution is -0.116. The first-order valence-corrected chi connectivity index (χ1v) is 8.48. The molecule has 0 aromatic heterocycles. The summed E-state index contributed by atoms with van der Waals surface area (Å²) in [6.07, 6.45) is 3.17. The van der Waals surface area contributed by atoms with E-state index in [-0.39, 0.29) is 5.91 Å². The summed E-state index contributed by atoms with van der Waals surface area (Å²) in [4.78, 5) is 11.9. The van der Waals surface area contributed by atoms with Gasteiger partial charge in [-0.3, -0.25) is 4.79 Å². The summed E-state index contributed by atoms with van der Waals surface area (Å²) < 4.78 is 16.0. The van der Waals surface area contributed by atoms with Crippen molar-refractivity contribution in [1.29, 1.82) is 0 Å². The summed E-state index contributed by atoms with van der Waals surface area (Å²) in [5.74, 6) is 1.73. The van der Waals surface area contributed by atoms with E-state index in [0.29, 0.717) is 35.4 Å². The molecule has 1 amide bonds. The summed E-state index contributed by atoms with van der Waals surface area (Å²) >= 11 is 6.04. The van der Waals surface area contributed by atoms with Crippen molar-refractivity contribution in [2.45, 2.75) is 6.92 Å². The molecule has 0 atom stereocenters. The Labute approximate surface area is 158 Å². The zero-order chi connectivity index (χ0) is 18.9. The molecule has 6 heteroatoms. The summed E-state index contributed by atoms with van der Waals surface area (Å²) in [5.41, 5.74) is 1.83. The number of carbonyl (C=O) groups excluding carboxylic acids is 1. The predicted molar refractivity (Wildman–Crippen MR) is 103 cm³/mol. The van der Waals surface area contributed by atoms with Crippen LogP contribution in [0.2, 0.25) is 5.02 Å². The monoisotopic (exact) mass is 375 g/mol. The van der Waals surface area contributed by atoms with Gasteiger partial charge in [-0.25, -0.2) is 0 Å². The Morgan fingerprint density at radius 3 is 2.58 bits per heavy atom. The van der Waals surface area contributed by atoms with Gasteiger partial charge in [0.05, 0.1) is 20.8 Å². The van der Waals surface area contributed by atoms with Gasteiger partial charge >= 0.3 is 0 Å². The molecule has 0 spiro atoms. The van der Waals surface area contributed by atoms with Crippen molar-refractivity contribution in [2.24, 2.45) is 0 Å². The van der Waals surface area contributed by atoms with Crippen molar-refractivity contribution in [3.8, 4) is 17.2 Å². The molecule has 0 bridgehead atoms. The third kappa shape index (κ3) is 5.70. The quantitative estimate of drug-likeness (QED) is 0.562. The summed E-state index contributed by atoms with van der Waals surface area (Å²) in [6, 6.07) is 10.9. The maximum absolute atomic E-state index is 11.9. The zero-order valence-corrected chi connectivity index (χ0v) is 15.8. The van der Waals surface area contributed by atoms with Crippen LogP contribution in [0.1, 0.15) is 11.1 Å². The minimum atomic E-state index is -0.203. The topological polar surface area (TPSA) is 56.8 Å². The van der Waals surface area contributed by atoms with Gasteiger partial charge in [0.15, 0.2) is 11.5 Å². The van der Waals surface area contributed by atoms with Gasteiger partial charge in [0.1, 0.15) is 12.4 Å². The van der Waals surface area contributed by atoms with Gasteiger partial charge in [-0.2, -0.15) is 0 Å². The second-order valence-corrected chi connectivity index (χ2v) is 5.91. The van der Waals surface area contributed by atoms with Crippen molar-refractivity contribution in [3.05, 3.63) is 58.6 Å². The van der Waals surface area contributed by atoms with Crippen LogP contribution >= 0.6 is 11.6 Å². The molecule has 0 radical (unpaired) electrons. The number of amides is 1. The molecule has 0 heterocycles. The average molecular weight is 376 g/mol. The second-order valence-electron chi connectivity index (χ2n) is 5.50. The summed E-state index contributed by atoms with van der Waals surface area (Å²) in [6.45, 7) is 2.67. The highest BCUT2D eigenvalue weighted by molar-refractivity contribution is 6.31. The number of ether oxygens (including phenoxy) is 3. The number of benzene rings is 2. The van der Waals surface area contributed by atoms with Gasteiger partial charge in [0.25, 0.3) is 0 Å². The molecule has 0 saturated heterocycles. The zero-order valence-electron chi connectivity index (χ0n) is 15.0. The molecular formula is C20H22ClNO4. The van der Waals surface area contributed by atoms with E-state index < -0.39 is 0 Å². The first kappa shape index (κ1) is 19.7. The van der Waals surface area contributed by atoms with E-state index >= 15 is 0 Å². The van der Waals surface area contributed by atoms with E-state index in [1.54, 1.807) is 38.5 Å². The molecule has 0 aliphatic rings. The van der Waals surface area contributed by atoms with Crippen molar-refractivity contribution in [2.75, 3.05) is 27.4 Å². The van der Waals surface area contributed by atoms with E-state index in [4.69, 9.17) is 25.8 Å². The molecule has 0 aliphatic heterocycles. The first-order chi connectivity index (χ1) is 12.5. The molecular weight excluding hydrogens is 354 g/mol. The molecule has 138 valence electrons. The van der Waals surface area contributed by atoms with Crippen LogP contribution in [0.5, 0.6) is 17.2 Å². The van der Waals surface area contributed by atoms with Crippen molar-refractivity contribution in [1.82, 2.24) is 5.32 Å². The van der Waals surface area contributed by atoms with E-state index in [2.05, 4.69) is 5.32 Å². The molecule has 2 aromatic rings. The fourth-order valence-electron chi connectivity index (χ4n) is 2.19. The lowest BCUT2D eigenvalue weighted by Crippen LogP contribution is -2.26. The van der Waals surface area contributed by atoms with E-state index in [1.807, 2.05) is 25.1 Å². The van der Waals surface area contributed by atoms with Gasteiger partial charge in [-0.05, 0) is 48.4 Å². The lowest BCUT2D eigenvalue weighted by atomic mass is 10.2. The predicted octanol–water partition coefficient (Wildman–Crippen LogP) is 3.87. The fourth-order valence-corrected chi connectivity index (χ4v) is 2.36. The highest BCUT2D eigenvalue weighted by Crippen LogP contribution is 2.27. The molecule has 0 aliphatic carbocycles. The number of hydrogen-bond donors (Lipinski definition) is 1. The molecule has 0 fully saturated rings. The third-order valence-corrected chi connectivity index (χ3v) is 4.06. The Hall–Kier alpha value is -2.66. The Morgan fingerprint density at radius 2 is 1.88 bits per heavy atom. The molecule has 0 saturated carbocycles. The molecule has 2 rings (SSSR count). The minimum absolute atomic E-state index is 0.203. The van der Waals surface area contributed by atoms with E-state index in [9.17, 15) is 4.79 Å². The minimum Gasteiger partial charge on any atom is -0.493 e. The molecule has 1 N–H and O–H groups in total. The SMILES string of the molecule is COc1ccc(/C=C/C(=O)NCCOc2ccc(C)c(Cl)c2)cc1OC. The lowest BCUT2D eigenvalue weighted by Gasteiger charge is -2.08. The first-order valence-electron chi connectivity index (χ1n) is 8.10. The van der Waals surface area contributed by atoms with E-state index in [1.165, 1.54) is 6.08 Å². The Morgan fingerprint density at radius 1 is 1.12 bits per heavy atom. The maximum atomic E-state index is 11.9. The second kappa shape index (κ2) is 9.73. The van der Waals surface area contributed by atoms with Crippen LogP contribution in [0.15, 0.2) is 42.5 Å². The highest BCUT2D eigenvalue weighted by atomic mass is 35.5. The largest absolute Gasteiger partial charge is 0.493 e. The van der Waals surface area contributed by atoms with Gasteiger partial charge in [0.2, 0.25) is 5.91 Å².